The molecule has 0 aliphatic rings. The molecule has 0 spiro atoms. The number of aromatic nitrogens is 2. The SMILES string of the molecule is CN(C)c1ccc(/C=N\NC(=O)c2ccnn2C)cc1. The number of carbonyl (C=O) groups is 1. The lowest BCUT2D eigenvalue weighted by Gasteiger charge is -2.11. The van der Waals surface area contributed by atoms with Gasteiger partial charge in [0.15, 0.2) is 0 Å². The highest BCUT2D eigenvalue weighted by Gasteiger charge is 2.07. The van der Waals surface area contributed by atoms with Crippen LogP contribution in [-0.2, 0) is 7.05 Å². The number of anilines is 1. The summed E-state index contributed by atoms with van der Waals surface area (Å²) in [6.45, 7) is 0. The van der Waals surface area contributed by atoms with Gasteiger partial charge in [-0.05, 0) is 23.8 Å². The van der Waals surface area contributed by atoms with Crippen molar-refractivity contribution in [1.82, 2.24) is 15.2 Å². The molecule has 6 nitrogen and oxygen atoms in total. The number of amides is 1. The summed E-state index contributed by atoms with van der Waals surface area (Å²) in [6, 6.07) is 9.50. The Balaban J connectivity index is 1.96. The van der Waals surface area contributed by atoms with Crippen molar-refractivity contribution in [2.75, 3.05) is 19.0 Å². The van der Waals surface area contributed by atoms with E-state index >= 15 is 0 Å². The van der Waals surface area contributed by atoms with Gasteiger partial charge in [0, 0.05) is 33.0 Å². The van der Waals surface area contributed by atoms with E-state index < -0.39 is 0 Å². The fourth-order valence-corrected chi connectivity index (χ4v) is 1.68. The number of rotatable bonds is 4. The fourth-order valence-electron chi connectivity index (χ4n) is 1.68. The third-order valence-electron chi connectivity index (χ3n) is 2.84. The van der Waals surface area contributed by atoms with Crippen LogP contribution in [0.2, 0.25) is 0 Å². The minimum Gasteiger partial charge on any atom is -0.378 e. The van der Waals surface area contributed by atoms with E-state index in [1.165, 1.54) is 4.68 Å². The van der Waals surface area contributed by atoms with Crippen molar-refractivity contribution in [3.63, 3.8) is 0 Å². The van der Waals surface area contributed by atoms with Crippen molar-refractivity contribution in [3.8, 4) is 0 Å². The minimum absolute atomic E-state index is 0.286. The van der Waals surface area contributed by atoms with Crippen LogP contribution >= 0.6 is 0 Å². The van der Waals surface area contributed by atoms with Crippen molar-refractivity contribution in [1.29, 1.82) is 0 Å². The summed E-state index contributed by atoms with van der Waals surface area (Å²) in [5.74, 6) is -0.286. The number of carbonyl (C=O) groups excluding carboxylic acids is 1. The standard InChI is InChI=1S/C14H17N5O/c1-18(2)12-6-4-11(5-7-12)10-15-17-14(20)13-8-9-16-19(13)3/h4-10H,1-3H3,(H,17,20)/b15-10-. The van der Waals surface area contributed by atoms with Crippen molar-refractivity contribution in [3.05, 3.63) is 47.8 Å². The Morgan fingerprint density at radius 3 is 2.55 bits per heavy atom. The molecule has 1 heterocycles. The lowest BCUT2D eigenvalue weighted by molar-refractivity contribution is 0.0945. The third-order valence-corrected chi connectivity index (χ3v) is 2.84. The van der Waals surface area contributed by atoms with Gasteiger partial charge in [-0.3, -0.25) is 9.48 Å². The first-order valence-electron chi connectivity index (χ1n) is 6.17. The molecule has 0 atom stereocenters. The molecule has 0 fully saturated rings. The lowest BCUT2D eigenvalue weighted by atomic mass is 10.2. The number of nitrogens with zero attached hydrogens (tertiary/aromatic N) is 4. The van der Waals surface area contributed by atoms with Gasteiger partial charge < -0.3 is 4.90 Å². The molecule has 6 heteroatoms. The minimum atomic E-state index is -0.286. The molecule has 0 aliphatic heterocycles. The molecular formula is C14H17N5O. The highest BCUT2D eigenvalue weighted by atomic mass is 16.2. The smallest absolute Gasteiger partial charge is 0.289 e. The number of hydrogen-bond acceptors (Lipinski definition) is 4. The maximum absolute atomic E-state index is 11.8. The zero-order valence-corrected chi connectivity index (χ0v) is 11.7. The predicted molar refractivity (Wildman–Crippen MR) is 79.0 cm³/mol. The first-order chi connectivity index (χ1) is 9.58. The summed E-state index contributed by atoms with van der Waals surface area (Å²) in [6.07, 6.45) is 3.17. The highest BCUT2D eigenvalue weighted by molar-refractivity contribution is 5.93. The van der Waals surface area contributed by atoms with Gasteiger partial charge in [-0.25, -0.2) is 5.43 Å². The number of hydrogen-bond donors (Lipinski definition) is 1. The molecule has 104 valence electrons. The van der Waals surface area contributed by atoms with Gasteiger partial charge in [-0.15, -0.1) is 0 Å². The highest BCUT2D eigenvalue weighted by Crippen LogP contribution is 2.10. The Bertz CT molecular complexity index is 613. The average molecular weight is 271 g/mol. The van der Waals surface area contributed by atoms with Crippen LogP contribution in [0.3, 0.4) is 0 Å². The Morgan fingerprint density at radius 1 is 1.30 bits per heavy atom. The van der Waals surface area contributed by atoms with Gasteiger partial charge in [0.2, 0.25) is 0 Å². The Morgan fingerprint density at radius 2 is 2.00 bits per heavy atom. The normalized spacial score (nSPS) is 10.8. The molecule has 1 N–H and O–H groups in total. The number of hydrazone groups is 1. The fraction of sp³-hybridized carbons (Fsp3) is 0.214. The van der Waals surface area contributed by atoms with Crippen LogP contribution in [0.4, 0.5) is 5.69 Å². The average Bonchev–Trinajstić information content (AvgIpc) is 2.85. The molecule has 1 aromatic heterocycles. The Hall–Kier alpha value is -2.63. The Labute approximate surface area is 117 Å². The topological polar surface area (TPSA) is 62.5 Å². The van der Waals surface area contributed by atoms with Gasteiger partial charge in [-0.2, -0.15) is 10.2 Å². The first-order valence-corrected chi connectivity index (χ1v) is 6.17. The third kappa shape index (κ3) is 3.23. The number of nitrogens with one attached hydrogen (secondary N) is 1. The van der Waals surface area contributed by atoms with Crippen LogP contribution < -0.4 is 10.3 Å². The second-order valence-corrected chi connectivity index (χ2v) is 4.53. The van der Waals surface area contributed by atoms with Crippen molar-refractivity contribution in [2.24, 2.45) is 12.1 Å². The molecule has 0 radical (unpaired) electrons. The lowest BCUT2D eigenvalue weighted by Crippen LogP contribution is -2.20. The summed E-state index contributed by atoms with van der Waals surface area (Å²) in [5.41, 5.74) is 4.96. The van der Waals surface area contributed by atoms with E-state index in [-0.39, 0.29) is 5.91 Å². The van der Waals surface area contributed by atoms with Gasteiger partial charge in [-0.1, -0.05) is 12.1 Å². The number of benzene rings is 1. The van der Waals surface area contributed by atoms with Gasteiger partial charge in [0.05, 0.1) is 6.21 Å². The van der Waals surface area contributed by atoms with E-state index in [0.717, 1.165) is 11.3 Å². The van der Waals surface area contributed by atoms with Crippen LogP contribution in [0, 0.1) is 0 Å². The first kappa shape index (κ1) is 13.8. The summed E-state index contributed by atoms with van der Waals surface area (Å²) in [4.78, 5) is 13.8. The van der Waals surface area contributed by atoms with E-state index in [4.69, 9.17) is 0 Å². The zero-order valence-electron chi connectivity index (χ0n) is 11.7. The summed E-state index contributed by atoms with van der Waals surface area (Å²) < 4.78 is 1.50. The van der Waals surface area contributed by atoms with E-state index in [2.05, 4.69) is 15.6 Å². The molecule has 0 aliphatic carbocycles. The molecule has 0 saturated heterocycles. The maximum atomic E-state index is 11.8. The summed E-state index contributed by atoms with van der Waals surface area (Å²) in [5, 5.41) is 7.86. The van der Waals surface area contributed by atoms with E-state index in [1.807, 2.05) is 43.3 Å². The summed E-state index contributed by atoms with van der Waals surface area (Å²) >= 11 is 0. The van der Waals surface area contributed by atoms with E-state index in [0.29, 0.717) is 5.69 Å². The zero-order chi connectivity index (χ0) is 14.5. The van der Waals surface area contributed by atoms with Gasteiger partial charge in [0.1, 0.15) is 5.69 Å². The van der Waals surface area contributed by atoms with Crippen LogP contribution in [0.15, 0.2) is 41.6 Å². The molecule has 0 unspecified atom stereocenters. The van der Waals surface area contributed by atoms with Crippen molar-refractivity contribution in [2.45, 2.75) is 0 Å². The molecule has 0 saturated carbocycles. The van der Waals surface area contributed by atoms with Crippen LogP contribution in [-0.4, -0.2) is 36.0 Å². The summed E-state index contributed by atoms with van der Waals surface area (Å²) in [7, 11) is 5.67. The second-order valence-electron chi connectivity index (χ2n) is 4.53. The predicted octanol–water partition coefficient (Wildman–Crippen LogP) is 1.25. The van der Waals surface area contributed by atoms with Crippen molar-refractivity contribution < 1.29 is 4.79 Å². The van der Waals surface area contributed by atoms with Gasteiger partial charge in [0.25, 0.3) is 5.91 Å². The monoisotopic (exact) mass is 271 g/mol. The quantitative estimate of drug-likeness (QED) is 0.672. The molecule has 2 rings (SSSR count). The maximum Gasteiger partial charge on any atom is 0.289 e. The second kappa shape index (κ2) is 6.01. The molecular weight excluding hydrogens is 254 g/mol. The molecule has 0 bridgehead atoms. The number of aryl methyl sites for hydroxylation is 1. The van der Waals surface area contributed by atoms with E-state index in [1.54, 1.807) is 25.5 Å². The van der Waals surface area contributed by atoms with Crippen LogP contribution in [0.25, 0.3) is 0 Å². The largest absolute Gasteiger partial charge is 0.378 e. The molecule has 1 amide bonds. The molecule has 1 aromatic carbocycles. The van der Waals surface area contributed by atoms with Gasteiger partial charge >= 0.3 is 0 Å². The van der Waals surface area contributed by atoms with Crippen LogP contribution in [0.5, 0.6) is 0 Å². The molecule has 20 heavy (non-hydrogen) atoms. The Kier molecular flexibility index (Phi) is 4.14. The van der Waals surface area contributed by atoms with E-state index in [9.17, 15) is 4.79 Å². The van der Waals surface area contributed by atoms with Crippen LogP contribution in [0.1, 0.15) is 16.1 Å². The molecule has 2 aromatic rings. The van der Waals surface area contributed by atoms with Crippen molar-refractivity contribution >= 4 is 17.8 Å².